The molecule has 0 spiro atoms. The smallest absolute Gasteiger partial charge is 0.216 e. The number of hydrogen-bond acceptors (Lipinski definition) is 2. The average Bonchev–Trinajstić information content (AvgIpc) is 2.59. The third-order valence-electron chi connectivity index (χ3n) is 3.63. The molecule has 0 amide bonds. The second kappa shape index (κ2) is 10.1. The Labute approximate surface area is 179 Å². The van der Waals surface area contributed by atoms with Gasteiger partial charge in [-0.15, -0.1) is 0 Å². The van der Waals surface area contributed by atoms with Gasteiger partial charge >= 0.3 is 0 Å². The lowest BCUT2D eigenvalue weighted by Gasteiger charge is -2.15. The standard InChI is InChI=1S/C19H20Cl4N2S/c1-3-4-5-14-12-15(19(21,22)23)6-11-18(14)24-13-25(2)26-17-9-7-16(20)8-10-17/h6-13H,3-5H2,1-2H3. The first-order valence-electron chi connectivity index (χ1n) is 8.20. The summed E-state index contributed by atoms with van der Waals surface area (Å²) in [5.74, 6) is 0. The fraction of sp³-hybridized carbons (Fsp3) is 0.316. The van der Waals surface area contributed by atoms with Crippen molar-refractivity contribution in [1.29, 1.82) is 0 Å². The molecule has 0 radical (unpaired) electrons. The maximum absolute atomic E-state index is 6.02. The lowest BCUT2D eigenvalue weighted by Crippen LogP contribution is -2.05. The number of aryl methyl sites for hydroxylation is 1. The summed E-state index contributed by atoms with van der Waals surface area (Å²) in [6.45, 7) is 2.15. The molecule has 26 heavy (non-hydrogen) atoms. The van der Waals surface area contributed by atoms with E-state index in [1.54, 1.807) is 18.3 Å². The predicted molar refractivity (Wildman–Crippen MR) is 118 cm³/mol. The monoisotopic (exact) mass is 448 g/mol. The van der Waals surface area contributed by atoms with E-state index in [9.17, 15) is 0 Å². The molecule has 0 aromatic heterocycles. The number of alkyl halides is 3. The van der Waals surface area contributed by atoms with E-state index in [-0.39, 0.29) is 0 Å². The summed E-state index contributed by atoms with van der Waals surface area (Å²) in [5.41, 5.74) is 2.63. The van der Waals surface area contributed by atoms with Gasteiger partial charge in [0, 0.05) is 22.5 Å². The van der Waals surface area contributed by atoms with Gasteiger partial charge in [-0.2, -0.15) is 0 Å². The summed E-state index contributed by atoms with van der Waals surface area (Å²) in [6.07, 6.45) is 4.83. The van der Waals surface area contributed by atoms with Gasteiger partial charge in [-0.05, 0) is 66.8 Å². The third kappa shape index (κ3) is 6.86. The number of aliphatic imine (C=N–C) groups is 1. The third-order valence-corrected chi connectivity index (χ3v) is 5.40. The van der Waals surface area contributed by atoms with E-state index >= 15 is 0 Å². The van der Waals surface area contributed by atoms with Crippen molar-refractivity contribution in [2.24, 2.45) is 4.99 Å². The molecule has 0 bridgehead atoms. The van der Waals surface area contributed by atoms with Crippen molar-refractivity contribution >= 4 is 70.4 Å². The van der Waals surface area contributed by atoms with Crippen molar-refractivity contribution in [3.8, 4) is 0 Å². The molecule has 0 aliphatic heterocycles. The zero-order valence-corrected chi connectivity index (χ0v) is 18.4. The van der Waals surface area contributed by atoms with Gasteiger partial charge in [0.1, 0.15) is 6.34 Å². The number of benzene rings is 2. The van der Waals surface area contributed by atoms with Crippen LogP contribution in [0.2, 0.25) is 5.02 Å². The van der Waals surface area contributed by atoms with Crippen LogP contribution in [0.4, 0.5) is 5.69 Å². The maximum Gasteiger partial charge on any atom is 0.216 e. The number of hydrogen-bond donors (Lipinski definition) is 0. The van der Waals surface area contributed by atoms with Crippen molar-refractivity contribution < 1.29 is 0 Å². The topological polar surface area (TPSA) is 15.6 Å². The fourth-order valence-electron chi connectivity index (χ4n) is 2.28. The summed E-state index contributed by atoms with van der Waals surface area (Å²) in [6, 6.07) is 13.3. The van der Waals surface area contributed by atoms with Crippen molar-refractivity contribution in [2.45, 2.75) is 34.9 Å². The Bertz CT molecular complexity index is 742. The average molecular weight is 450 g/mol. The van der Waals surface area contributed by atoms with E-state index in [2.05, 4.69) is 11.9 Å². The Morgan fingerprint density at radius 1 is 1.12 bits per heavy atom. The molecule has 0 aliphatic carbocycles. The minimum atomic E-state index is -1.43. The molecule has 0 unspecified atom stereocenters. The molecule has 0 saturated heterocycles. The predicted octanol–water partition coefficient (Wildman–Crippen LogP) is 7.81. The molecule has 0 atom stereocenters. The highest BCUT2D eigenvalue weighted by Gasteiger charge is 2.23. The number of halogens is 4. The van der Waals surface area contributed by atoms with Gasteiger partial charge in [0.25, 0.3) is 0 Å². The lowest BCUT2D eigenvalue weighted by atomic mass is 10.0. The number of unbranched alkanes of at least 4 members (excludes halogenated alkanes) is 1. The molecule has 2 aromatic rings. The van der Waals surface area contributed by atoms with E-state index < -0.39 is 3.79 Å². The van der Waals surface area contributed by atoms with Crippen molar-refractivity contribution in [2.75, 3.05) is 7.05 Å². The summed E-state index contributed by atoms with van der Waals surface area (Å²) in [7, 11) is 1.95. The van der Waals surface area contributed by atoms with Crippen LogP contribution in [0.1, 0.15) is 30.9 Å². The first-order valence-corrected chi connectivity index (χ1v) is 10.5. The zero-order valence-electron chi connectivity index (χ0n) is 14.6. The van der Waals surface area contributed by atoms with Gasteiger partial charge in [-0.3, -0.25) is 0 Å². The van der Waals surface area contributed by atoms with Crippen molar-refractivity contribution in [3.05, 3.63) is 58.6 Å². The molecule has 2 rings (SSSR count). The van der Waals surface area contributed by atoms with E-state index in [0.717, 1.165) is 40.4 Å². The van der Waals surface area contributed by atoms with Gasteiger partial charge < -0.3 is 4.31 Å². The van der Waals surface area contributed by atoms with E-state index in [1.165, 1.54) is 0 Å². The lowest BCUT2D eigenvalue weighted by molar-refractivity contribution is 0.793. The van der Waals surface area contributed by atoms with Crippen LogP contribution >= 0.6 is 58.4 Å². The molecule has 0 N–H and O–H groups in total. The molecule has 0 aliphatic rings. The quantitative estimate of drug-likeness (QED) is 0.185. The minimum Gasteiger partial charge on any atom is -0.306 e. The van der Waals surface area contributed by atoms with Crippen LogP contribution in [-0.4, -0.2) is 17.7 Å². The SMILES string of the molecule is CCCCc1cc(C(Cl)(Cl)Cl)ccc1N=CN(C)Sc1ccc(Cl)cc1. The summed E-state index contributed by atoms with van der Waals surface area (Å²) in [5, 5.41) is 0.722. The van der Waals surface area contributed by atoms with Crippen LogP contribution in [-0.2, 0) is 10.2 Å². The Kier molecular flexibility index (Phi) is 8.43. The second-order valence-electron chi connectivity index (χ2n) is 5.78. The van der Waals surface area contributed by atoms with E-state index in [4.69, 9.17) is 46.4 Å². The maximum atomic E-state index is 6.02. The van der Waals surface area contributed by atoms with Crippen molar-refractivity contribution in [1.82, 2.24) is 4.31 Å². The molecule has 0 heterocycles. The summed E-state index contributed by atoms with van der Waals surface area (Å²) >= 11 is 25.5. The first-order chi connectivity index (χ1) is 12.3. The molecule has 0 fully saturated rings. The van der Waals surface area contributed by atoms with Gasteiger partial charge in [-0.1, -0.05) is 65.8 Å². The second-order valence-corrected chi connectivity index (χ2v) is 9.73. The Balaban J connectivity index is 2.15. The molecule has 2 aromatic carbocycles. The summed E-state index contributed by atoms with van der Waals surface area (Å²) < 4.78 is 0.514. The van der Waals surface area contributed by atoms with E-state index in [1.807, 2.05) is 53.8 Å². The van der Waals surface area contributed by atoms with Gasteiger partial charge in [0.2, 0.25) is 3.79 Å². The van der Waals surface area contributed by atoms with Crippen LogP contribution in [0.3, 0.4) is 0 Å². The minimum absolute atomic E-state index is 0.663. The van der Waals surface area contributed by atoms with Crippen LogP contribution in [0, 0.1) is 0 Å². The molecular weight excluding hydrogens is 430 g/mol. The molecule has 0 saturated carbocycles. The highest BCUT2D eigenvalue weighted by Crippen LogP contribution is 2.40. The molecular formula is C19H20Cl4N2S. The van der Waals surface area contributed by atoms with Crippen LogP contribution in [0.25, 0.3) is 0 Å². The molecule has 140 valence electrons. The molecule has 7 heteroatoms. The Morgan fingerprint density at radius 2 is 1.81 bits per heavy atom. The van der Waals surface area contributed by atoms with Gasteiger partial charge in [-0.25, -0.2) is 4.99 Å². The highest BCUT2D eigenvalue weighted by molar-refractivity contribution is 7.97. The molecule has 2 nitrogen and oxygen atoms in total. The summed E-state index contributed by atoms with van der Waals surface area (Å²) in [4.78, 5) is 5.71. The Hall–Kier alpha value is -0.580. The van der Waals surface area contributed by atoms with E-state index in [0.29, 0.717) is 5.56 Å². The fourth-order valence-corrected chi connectivity index (χ4v) is 3.45. The largest absolute Gasteiger partial charge is 0.306 e. The first kappa shape index (κ1) is 21.7. The zero-order chi connectivity index (χ0) is 19.2. The number of nitrogens with zero attached hydrogens (tertiary/aromatic N) is 2. The number of rotatable bonds is 7. The Morgan fingerprint density at radius 3 is 2.42 bits per heavy atom. The van der Waals surface area contributed by atoms with Crippen molar-refractivity contribution in [3.63, 3.8) is 0 Å². The van der Waals surface area contributed by atoms with Crippen LogP contribution in [0.5, 0.6) is 0 Å². The van der Waals surface area contributed by atoms with Gasteiger partial charge in [0.05, 0.1) is 5.69 Å². The van der Waals surface area contributed by atoms with Crippen LogP contribution in [0.15, 0.2) is 52.4 Å². The normalized spacial score (nSPS) is 11.9. The highest BCUT2D eigenvalue weighted by atomic mass is 35.6. The van der Waals surface area contributed by atoms with Gasteiger partial charge in [0.15, 0.2) is 0 Å². The van der Waals surface area contributed by atoms with Crippen LogP contribution < -0.4 is 0 Å².